The van der Waals surface area contributed by atoms with E-state index in [0.29, 0.717) is 12.6 Å². The number of nitrogens with two attached hydrogens (primary N) is 1. The molecule has 0 aliphatic carbocycles. The highest BCUT2D eigenvalue weighted by atomic mass is 16.6. The van der Waals surface area contributed by atoms with Crippen LogP contribution < -0.4 is 25.4 Å². The first-order chi connectivity index (χ1) is 8.74. The second-order valence-corrected chi connectivity index (χ2v) is 4.87. The largest absolute Gasteiger partial charge is 0.482 e. The van der Waals surface area contributed by atoms with Crippen LogP contribution in [0.2, 0.25) is 0 Å². The van der Waals surface area contributed by atoms with E-state index in [1.807, 2.05) is 12.1 Å². The van der Waals surface area contributed by atoms with Crippen LogP contribution in [-0.2, 0) is 0 Å². The topological polar surface area (TPSA) is 59.8 Å². The zero-order chi connectivity index (χ0) is 12.5. The highest BCUT2D eigenvalue weighted by molar-refractivity contribution is 5.65. The Bertz CT molecular complexity index is 438. The molecule has 2 aliphatic rings. The first-order valence-corrected chi connectivity index (χ1v) is 6.40. The van der Waals surface area contributed by atoms with Crippen molar-refractivity contribution in [1.29, 1.82) is 0 Å². The Morgan fingerprint density at radius 3 is 3.17 bits per heavy atom. The lowest BCUT2D eigenvalue weighted by molar-refractivity contribution is 0.0961. The fourth-order valence-electron chi connectivity index (χ4n) is 2.50. The van der Waals surface area contributed by atoms with Gasteiger partial charge in [0, 0.05) is 25.7 Å². The van der Waals surface area contributed by atoms with E-state index in [4.69, 9.17) is 15.2 Å². The van der Waals surface area contributed by atoms with Gasteiger partial charge in [-0.15, -0.1) is 0 Å². The highest BCUT2D eigenvalue weighted by Crippen LogP contribution is 2.40. The number of anilines is 1. The number of rotatable bonds is 1. The molecule has 0 aromatic heterocycles. The number of benzene rings is 1. The van der Waals surface area contributed by atoms with Gasteiger partial charge in [-0.25, -0.2) is 0 Å². The van der Waals surface area contributed by atoms with Crippen molar-refractivity contribution in [1.82, 2.24) is 5.32 Å². The van der Waals surface area contributed by atoms with Gasteiger partial charge in [0.15, 0.2) is 17.7 Å². The van der Waals surface area contributed by atoms with E-state index in [0.717, 1.165) is 36.8 Å². The van der Waals surface area contributed by atoms with E-state index in [-0.39, 0.29) is 6.23 Å². The molecule has 1 fully saturated rings. The molecule has 3 rings (SSSR count). The zero-order valence-electron chi connectivity index (χ0n) is 10.6. The molecule has 0 saturated carbocycles. The Kier molecular flexibility index (Phi) is 3.01. The molecule has 0 amide bonds. The van der Waals surface area contributed by atoms with Crippen molar-refractivity contribution in [3.63, 3.8) is 0 Å². The minimum absolute atomic E-state index is 0.366. The standard InChI is InChI=1S/C13H19N3O2/c1-9-7-16(6-5-15-9)10-3-2-4-11-13(10)17-8-12(14)18-11/h2-4,9,12,15H,5-8,14H2,1H3. The Labute approximate surface area is 107 Å². The highest BCUT2D eigenvalue weighted by Gasteiger charge is 2.25. The molecule has 3 N–H and O–H groups in total. The van der Waals surface area contributed by atoms with Crippen LogP contribution in [0.1, 0.15) is 6.92 Å². The van der Waals surface area contributed by atoms with Gasteiger partial charge in [0.25, 0.3) is 0 Å². The maximum atomic E-state index is 5.74. The van der Waals surface area contributed by atoms with Crippen LogP contribution in [-0.4, -0.2) is 38.5 Å². The molecule has 18 heavy (non-hydrogen) atoms. The second kappa shape index (κ2) is 4.66. The molecule has 5 heteroatoms. The molecule has 1 aromatic rings. The van der Waals surface area contributed by atoms with Crippen molar-refractivity contribution in [2.24, 2.45) is 5.73 Å². The lowest BCUT2D eigenvalue weighted by Gasteiger charge is -2.36. The van der Waals surface area contributed by atoms with E-state index in [2.05, 4.69) is 23.2 Å². The number of hydrogen-bond donors (Lipinski definition) is 2. The van der Waals surface area contributed by atoms with Crippen molar-refractivity contribution in [3.8, 4) is 11.5 Å². The van der Waals surface area contributed by atoms with Crippen molar-refractivity contribution in [2.45, 2.75) is 19.2 Å². The molecule has 2 heterocycles. The Balaban J connectivity index is 1.90. The monoisotopic (exact) mass is 249 g/mol. The van der Waals surface area contributed by atoms with E-state index >= 15 is 0 Å². The maximum absolute atomic E-state index is 5.74. The number of fused-ring (bicyclic) bond motifs is 1. The number of nitrogens with zero attached hydrogens (tertiary/aromatic N) is 1. The third-order valence-electron chi connectivity index (χ3n) is 3.34. The van der Waals surface area contributed by atoms with Crippen LogP contribution in [0.25, 0.3) is 0 Å². The molecule has 2 unspecified atom stereocenters. The first kappa shape index (κ1) is 11.6. The molecule has 2 atom stereocenters. The minimum Gasteiger partial charge on any atom is -0.482 e. The van der Waals surface area contributed by atoms with Gasteiger partial charge in [-0.05, 0) is 19.1 Å². The number of nitrogens with one attached hydrogen (secondary N) is 1. The lowest BCUT2D eigenvalue weighted by atomic mass is 10.1. The normalized spacial score (nSPS) is 27.1. The van der Waals surface area contributed by atoms with Gasteiger partial charge in [0.05, 0.1) is 5.69 Å². The summed E-state index contributed by atoms with van der Waals surface area (Å²) in [4.78, 5) is 2.33. The molecule has 2 aliphatic heterocycles. The maximum Gasteiger partial charge on any atom is 0.184 e. The van der Waals surface area contributed by atoms with E-state index in [9.17, 15) is 0 Å². The number of para-hydroxylation sites is 1. The SMILES string of the molecule is CC1CN(c2cccc3c2OCC(N)O3)CCN1. The fraction of sp³-hybridized carbons (Fsp3) is 0.538. The summed E-state index contributed by atoms with van der Waals surface area (Å²) in [7, 11) is 0. The van der Waals surface area contributed by atoms with Crippen LogP contribution >= 0.6 is 0 Å². The smallest absolute Gasteiger partial charge is 0.184 e. The molecule has 1 saturated heterocycles. The van der Waals surface area contributed by atoms with E-state index < -0.39 is 0 Å². The van der Waals surface area contributed by atoms with E-state index in [1.165, 1.54) is 0 Å². The molecule has 5 nitrogen and oxygen atoms in total. The summed E-state index contributed by atoms with van der Waals surface area (Å²) in [6, 6.07) is 6.46. The molecule has 1 aromatic carbocycles. The van der Waals surface area contributed by atoms with Gasteiger partial charge >= 0.3 is 0 Å². The summed E-state index contributed by atoms with van der Waals surface area (Å²) in [5.41, 5.74) is 6.83. The summed E-state index contributed by atoms with van der Waals surface area (Å²) >= 11 is 0. The van der Waals surface area contributed by atoms with Crippen LogP contribution in [0.15, 0.2) is 18.2 Å². The first-order valence-electron chi connectivity index (χ1n) is 6.40. The Morgan fingerprint density at radius 2 is 2.33 bits per heavy atom. The van der Waals surface area contributed by atoms with Gasteiger partial charge < -0.3 is 19.7 Å². The minimum atomic E-state index is -0.366. The molecule has 0 radical (unpaired) electrons. The number of ether oxygens (including phenoxy) is 2. The quantitative estimate of drug-likeness (QED) is 0.761. The van der Waals surface area contributed by atoms with Gasteiger partial charge in [0.1, 0.15) is 6.61 Å². The predicted molar refractivity (Wildman–Crippen MR) is 70.2 cm³/mol. The molecular formula is C13H19N3O2. The number of hydrogen-bond acceptors (Lipinski definition) is 5. The van der Waals surface area contributed by atoms with Crippen molar-refractivity contribution >= 4 is 5.69 Å². The van der Waals surface area contributed by atoms with Crippen molar-refractivity contribution in [2.75, 3.05) is 31.1 Å². The molecule has 0 bridgehead atoms. The Hall–Kier alpha value is -1.46. The van der Waals surface area contributed by atoms with Gasteiger partial charge in [-0.1, -0.05) is 6.07 Å². The van der Waals surface area contributed by atoms with Crippen LogP contribution in [0.5, 0.6) is 11.5 Å². The second-order valence-electron chi connectivity index (χ2n) is 4.87. The van der Waals surface area contributed by atoms with Gasteiger partial charge in [-0.3, -0.25) is 5.73 Å². The average molecular weight is 249 g/mol. The zero-order valence-corrected chi connectivity index (χ0v) is 10.6. The average Bonchev–Trinajstić information content (AvgIpc) is 2.37. The van der Waals surface area contributed by atoms with E-state index in [1.54, 1.807) is 0 Å². The fourth-order valence-corrected chi connectivity index (χ4v) is 2.50. The molecular weight excluding hydrogens is 230 g/mol. The third kappa shape index (κ3) is 2.11. The van der Waals surface area contributed by atoms with Crippen molar-refractivity contribution < 1.29 is 9.47 Å². The summed E-state index contributed by atoms with van der Waals surface area (Å²) in [6.07, 6.45) is -0.366. The van der Waals surface area contributed by atoms with Crippen LogP contribution in [0.3, 0.4) is 0 Å². The summed E-state index contributed by atoms with van der Waals surface area (Å²) in [5.74, 6) is 1.57. The lowest BCUT2D eigenvalue weighted by Crippen LogP contribution is -2.49. The van der Waals surface area contributed by atoms with Crippen LogP contribution in [0, 0.1) is 0 Å². The third-order valence-corrected chi connectivity index (χ3v) is 3.34. The summed E-state index contributed by atoms with van der Waals surface area (Å²) in [5, 5.41) is 3.44. The predicted octanol–water partition coefficient (Wildman–Crippen LogP) is 0.541. The summed E-state index contributed by atoms with van der Waals surface area (Å²) in [6.45, 7) is 5.55. The van der Waals surface area contributed by atoms with Gasteiger partial charge in [-0.2, -0.15) is 0 Å². The van der Waals surface area contributed by atoms with Crippen molar-refractivity contribution in [3.05, 3.63) is 18.2 Å². The number of piperazine rings is 1. The van der Waals surface area contributed by atoms with Gasteiger partial charge in [0.2, 0.25) is 0 Å². The van der Waals surface area contributed by atoms with Crippen LogP contribution in [0.4, 0.5) is 5.69 Å². The molecule has 98 valence electrons. The summed E-state index contributed by atoms with van der Waals surface area (Å²) < 4.78 is 11.3. The molecule has 0 spiro atoms. The Morgan fingerprint density at radius 1 is 1.44 bits per heavy atom.